The Labute approximate surface area is 137 Å². The molecule has 5 heteroatoms. The Morgan fingerprint density at radius 1 is 1.05 bits per heavy atom. The Kier molecular flexibility index (Phi) is 4.56. The third-order valence-corrected chi connectivity index (χ3v) is 4.25. The quantitative estimate of drug-likeness (QED) is 0.838. The van der Waals surface area contributed by atoms with Gasteiger partial charge in [-0.1, -0.05) is 27.5 Å². The van der Waals surface area contributed by atoms with Gasteiger partial charge in [-0.2, -0.15) is 0 Å². The zero-order valence-corrected chi connectivity index (χ0v) is 13.7. The van der Waals surface area contributed by atoms with E-state index >= 15 is 0 Å². The summed E-state index contributed by atoms with van der Waals surface area (Å²) in [6.45, 7) is 2.08. The molecule has 0 fully saturated rings. The Morgan fingerprint density at radius 2 is 1.86 bits per heavy atom. The van der Waals surface area contributed by atoms with Crippen molar-refractivity contribution in [1.82, 2.24) is 0 Å². The third-order valence-electron chi connectivity index (χ3n) is 3.24. The van der Waals surface area contributed by atoms with Gasteiger partial charge < -0.3 is 14.8 Å². The molecule has 1 N–H and O–H groups in total. The average molecular weight is 369 g/mol. The molecule has 1 heterocycles. The maximum absolute atomic E-state index is 6.03. The van der Waals surface area contributed by atoms with Crippen LogP contribution in [0.2, 0.25) is 5.02 Å². The van der Waals surface area contributed by atoms with Gasteiger partial charge >= 0.3 is 0 Å². The summed E-state index contributed by atoms with van der Waals surface area (Å²) >= 11 is 9.56. The van der Waals surface area contributed by atoms with Crippen LogP contribution < -0.4 is 14.8 Å². The molecule has 0 saturated heterocycles. The fraction of sp³-hybridized carbons (Fsp3) is 0.250. The predicted molar refractivity (Wildman–Crippen MR) is 88.5 cm³/mol. The smallest absolute Gasteiger partial charge is 0.163 e. The van der Waals surface area contributed by atoms with E-state index in [4.69, 9.17) is 21.1 Å². The fourth-order valence-corrected chi connectivity index (χ4v) is 2.73. The zero-order chi connectivity index (χ0) is 14.7. The molecule has 0 bridgehead atoms. The normalized spacial score (nSPS) is 13.6. The molecule has 110 valence electrons. The molecule has 3 nitrogen and oxygen atoms in total. The first-order valence-electron chi connectivity index (χ1n) is 6.80. The Bertz CT molecular complexity index is 648. The van der Waals surface area contributed by atoms with E-state index in [9.17, 15) is 0 Å². The second-order valence-electron chi connectivity index (χ2n) is 4.80. The van der Waals surface area contributed by atoms with E-state index in [1.807, 2.05) is 36.4 Å². The van der Waals surface area contributed by atoms with Gasteiger partial charge in [-0.25, -0.2) is 0 Å². The van der Waals surface area contributed by atoms with Gasteiger partial charge in [0.15, 0.2) is 11.5 Å². The molecule has 0 saturated carbocycles. The second-order valence-corrected chi connectivity index (χ2v) is 6.09. The molecule has 0 aromatic heterocycles. The summed E-state index contributed by atoms with van der Waals surface area (Å²) in [5.74, 6) is 1.60. The van der Waals surface area contributed by atoms with Gasteiger partial charge in [0.2, 0.25) is 0 Å². The van der Waals surface area contributed by atoms with E-state index < -0.39 is 0 Å². The summed E-state index contributed by atoms with van der Waals surface area (Å²) in [7, 11) is 0. The van der Waals surface area contributed by atoms with E-state index in [0.29, 0.717) is 19.8 Å². The second kappa shape index (κ2) is 6.58. The van der Waals surface area contributed by atoms with Crippen LogP contribution in [0.5, 0.6) is 11.5 Å². The fourth-order valence-electron chi connectivity index (χ4n) is 2.15. The molecule has 3 rings (SSSR count). The van der Waals surface area contributed by atoms with E-state index in [2.05, 4.69) is 21.2 Å². The number of rotatable bonds is 3. The Hall–Kier alpha value is -1.39. The average Bonchev–Trinajstić information content (AvgIpc) is 2.73. The van der Waals surface area contributed by atoms with E-state index in [0.717, 1.165) is 38.7 Å². The highest BCUT2D eigenvalue weighted by Gasteiger charge is 2.10. The maximum Gasteiger partial charge on any atom is 0.163 e. The summed E-state index contributed by atoms with van der Waals surface area (Å²) in [5, 5.41) is 4.11. The zero-order valence-electron chi connectivity index (χ0n) is 11.4. The van der Waals surface area contributed by atoms with Crippen LogP contribution in [0.25, 0.3) is 0 Å². The lowest BCUT2D eigenvalue weighted by atomic mass is 10.2. The van der Waals surface area contributed by atoms with Crippen LogP contribution in [0.3, 0.4) is 0 Å². The van der Waals surface area contributed by atoms with E-state index in [-0.39, 0.29) is 0 Å². The van der Waals surface area contributed by atoms with Gasteiger partial charge in [0.25, 0.3) is 0 Å². The molecular weight excluding hydrogens is 354 g/mol. The molecule has 0 amide bonds. The van der Waals surface area contributed by atoms with Gasteiger partial charge in [-0.3, -0.25) is 0 Å². The SMILES string of the molecule is Clc1ccc(Br)c(CNc2ccc3c(c2)OCCCO3)c1. The van der Waals surface area contributed by atoms with Crippen molar-refractivity contribution < 1.29 is 9.47 Å². The van der Waals surface area contributed by atoms with Crippen molar-refractivity contribution in [3.63, 3.8) is 0 Å². The van der Waals surface area contributed by atoms with Crippen LogP contribution in [-0.4, -0.2) is 13.2 Å². The number of ether oxygens (including phenoxy) is 2. The Morgan fingerprint density at radius 3 is 2.71 bits per heavy atom. The topological polar surface area (TPSA) is 30.5 Å². The van der Waals surface area contributed by atoms with Crippen molar-refractivity contribution in [3.05, 3.63) is 51.5 Å². The molecule has 21 heavy (non-hydrogen) atoms. The monoisotopic (exact) mass is 367 g/mol. The predicted octanol–water partition coefficient (Wildman–Crippen LogP) is 4.88. The van der Waals surface area contributed by atoms with Crippen LogP contribution in [0, 0.1) is 0 Å². The standard InChI is InChI=1S/C16H15BrClNO2/c17-14-4-2-12(18)8-11(14)10-19-13-3-5-15-16(9-13)21-7-1-6-20-15/h2-5,8-9,19H,1,6-7,10H2. The van der Waals surface area contributed by atoms with Crippen LogP contribution in [0.1, 0.15) is 12.0 Å². The van der Waals surface area contributed by atoms with Crippen LogP contribution in [-0.2, 0) is 6.54 Å². The molecule has 1 aliphatic heterocycles. The molecule has 0 atom stereocenters. The number of hydrogen-bond acceptors (Lipinski definition) is 3. The van der Waals surface area contributed by atoms with Crippen LogP contribution in [0.4, 0.5) is 5.69 Å². The third kappa shape index (κ3) is 3.63. The number of nitrogens with one attached hydrogen (secondary N) is 1. The largest absolute Gasteiger partial charge is 0.490 e. The molecule has 0 aliphatic carbocycles. The number of anilines is 1. The first kappa shape index (κ1) is 14.5. The van der Waals surface area contributed by atoms with E-state index in [1.54, 1.807) is 0 Å². The number of benzene rings is 2. The van der Waals surface area contributed by atoms with Crippen molar-refractivity contribution in [2.75, 3.05) is 18.5 Å². The van der Waals surface area contributed by atoms with Gasteiger partial charge in [0.1, 0.15) is 0 Å². The lowest BCUT2D eigenvalue weighted by Crippen LogP contribution is -2.01. The van der Waals surface area contributed by atoms with Gasteiger partial charge in [-0.15, -0.1) is 0 Å². The molecule has 0 radical (unpaired) electrons. The summed E-state index contributed by atoms with van der Waals surface area (Å²) in [5.41, 5.74) is 2.10. The molecule has 1 aliphatic rings. The maximum atomic E-state index is 6.03. The lowest BCUT2D eigenvalue weighted by molar-refractivity contribution is 0.297. The van der Waals surface area contributed by atoms with Gasteiger partial charge in [-0.05, 0) is 35.9 Å². The number of hydrogen-bond donors (Lipinski definition) is 1. The van der Waals surface area contributed by atoms with E-state index in [1.165, 1.54) is 0 Å². The minimum absolute atomic E-state index is 0.681. The summed E-state index contributed by atoms with van der Waals surface area (Å²) in [6, 6.07) is 11.7. The van der Waals surface area contributed by atoms with Crippen molar-refractivity contribution in [2.24, 2.45) is 0 Å². The van der Waals surface area contributed by atoms with Crippen molar-refractivity contribution in [2.45, 2.75) is 13.0 Å². The lowest BCUT2D eigenvalue weighted by Gasteiger charge is -2.12. The Balaban J connectivity index is 1.73. The van der Waals surface area contributed by atoms with Gasteiger partial charge in [0, 0.05) is 34.2 Å². The first-order valence-corrected chi connectivity index (χ1v) is 7.97. The van der Waals surface area contributed by atoms with Gasteiger partial charge in [0.05, 0.1) is 13.2 Å². The van der Waals surface area contributed by atoms with Crippen molar-refractivity contribution >= 4 is 33.2 Å². The molecule has 0 unspecified atom stereocenters. The molecule has 0 spiro atoms. The molecule has 2 aromatic rings. The minimum Gasteiger partial charge on any atom is -0.490 e. The highest BCUT2D eigenvalue weighted by atomic mass is 79.9. The summed E-state index contributed by atoms with van der Waals surface area (Å²) in [6.07, 6.45) is 0.910. The van der Waals surface area contributed by atoms with Crippen LogP contribution in [0.15, 0.2) is 40.9 Å². The summed E-state index contributed by atoms with van der Waals surface area (Å²) in [4.78, 5) is 0. The highest BCUT2D eigenvalue weighted by Crippen LogP contribution is 2.32. The van der Waals surface area contributed by atoms with Crippen molar-refractivity contribution in [1.29, 1.82) is 0 Å². The van der Waals surface area contributed by atoms with Crippen LogP contribution >= 0.6 is 27.5 Å². The molecular formula is C16H15BrClNO2. The first-order chi connectivity index (χ1) is 10.2. The number of halogens is 2. The summed E-state index contributed by atoms with van der Waals surface area (Å²) < 4.78 is 12.3. The minimum atomic E-state index is 0.681. The molecule has 2 aromatic carbocycles. The highest BCUT2D eigenvalue weighted by molar-refractivity contribution is 9.10. The number of fused-ring (bicyclic) bond motifs is 1. The van der Waals surface area contributed by atoms with Crippen molar-refractivity contribution in [3.8, 4) is 11.5 Å².